The highest BCUT2D eigenvalue weighted by Crippen LogP contribution is 2.23. The summed E-state index contributed by atoms with van der Waals surface area (Å²) in [7, 11) is -12.7. The number of halogens is 4. The maximum Gasteiger partial charge on any atom is 0.673 e. The SMILES string of the molecule is COS(=O)(=O)[O-].COS(=O)(=O)[O-].C[S+](C)c1ccc(C(=O)C(C)(C)N2CCOCC2)cc1.C[S+](C)c1ccc(C(=O)C(C)(C)[NH+]2CCOCC2)cc1.F[B-](F)(F)F. The Bertz CT molecular complexity index is 1590. The minimum Gasteiger partial charge on any atom is -0.726 e. The van der Waals surface area contributed by atoms with Crippen LogP contribution in [0, 0.1) is 0 Å². The summed E-state index contributed by atoms with van der Waals surface area (Å²) in [6.07, 6.45) is 8.76. The zero-order valence-corrected chi connectivity index (χ0v) is 37.1. The quantitative estimate of drug-likeness (QED) is 0.0915. The lowest BCUT2D eigenvalue weighted by atomic mass is 9.91. The summed E-state index contributed by atoms with van der Waals surface area (Å²) in [6, 6.07) is 16.2. The predicted octanol–water partition coefficient (Wildman–Crippen LogP) is 2.50. The molecule has 0 spiro atoms. The van der Waals surface area contributed by atoms with Crippen molar-refractivity contribution in [2.24, 2.45) is 0 Å². The number of nitrogens with zero attached hydrogens (tertiary/aromatic N) is 1. The minimum absolute atomic E-state index is 0.193. The van der Waals surface area contributed by atoms with Crippen molar-refractivity contribution in [3.8, 4) is 0 Å². The summed E-state index contributed by atoms with van der Waals surface area (Å²) in [5.41, 5.74) is 0.774. The molecule has 23 heteroatoms. The first-order valence-electron chi connectivity index (χ1n) is 17.1. The van der Waals surface area contributed by atoms with Crippen molar-refractivity contribution in [2.75, 3.05) is 91.8 Å². The molecule has 0 atom stereocenters. The Morgan fingerprint density at radius 2 is 0.982 bits per heavy atom. The maximum atomic E-state index is 12.8. The number of benzene rings is 2. The van der Waals surface area contributed by atoms with Crippen LogP contribution in [0.4, 0.5) is 17.3 Å². The molecule has 2 heterocycles. The first kappa shape index (κ1) is 54.8. The van der Waals surface area contributed by atoms with E-state index in [9.17, 15) is 52.8 Å². The Balaban J connectivity index is 0.000000789. The van der Waals surface area contributed by atoms with E-state index in [0.29, 0.717) is 13.2 Å². The molecule has 0 radical (unpaired) electrons. The Kier molecular flexibility index (Phi) is 23.9. The van der Waals surface area contributed by atoms with Crippen molar-refractivity contribution in [1.82, 2.24) is 4.90 Å². The van der Waals surface area contributed by atoms with Crippen LogP contribution < -0.4 is 4.90 Å². The molecule has 1 N–H and O–H groups in total. The van der Waals surface area contributed by atoms with Gasteiger partial charge in [-0.3, -0.25) is 22.9 Å². The van der Waals surface area contributed by atoms with Crippen LogP contribution in [-0.4, -0.2) is 153 Å². The molecule has 4 rings (SSSR count). The van der Waals surface area contributed by atoms with E-state index in [1.807, 2.05) is 52.0 Å². The van der Waals surface area contributed by atoms with Crippen LogP contribution in [-0.2, 0) is 60.4 Å². The fourth-order valence-electron chi connectivity index (χ4n) is 5.14. The Hall–Kier alpha value is -2.16. The highest BCUT2D eigenvalue weighted by molar-refractivity contribution is 7.95. The number of nitrogens with one attached hydrogen (secondary N) is 1. The lowest BCUT2D eigenvalue weighted by Crippen LogP contribution is -3.22. The zero-order chi connectivity index (χ0) is 44.4. The number of carbonyl (C=O) groups excluding carboxylic acids is 2. The highest BCUT2D eigenvalue weighted by atomic mass is 32.3. The molecule has 2 aliphatic heterocycles. The molecule has 0 aromatic heterocycles. The van der Waals surface area contributed by atoms with E-state index in [-0.39, 0.29) is 38.9 Å². The van der Waals surface area contributed by atoms with Crippen molar-refractivity contribution in [3.63, 3.8) is 0 Å². The molecule has 2 aromatic rings. The first-order valence-corrected chi connectivity index (χ1v) is 23.8. The van der Waals surface area contributed by atoms with Crippen molar-refractivity contribution >= 4 is 61.4 Å². The number of carbonyl (C=O) groups is 2. The van der Waals surface area contributed by atoms with E-state index >= 15 is 0 Å². The third-order valence-corrected chi connectivity index (χ3v) is 11.7. The van der Waals surface area contributed by atoms with Gasteiger partial charge in [0.05, 0.1) is 46.2 Å². The Morgan fingerprint density at radius 3 is 1.28 bits per heavy atom. The van der Waals surface area contributed by atoms with Gasteiger partial charge in [0.15, 0.2) is 21.1 Å². The van der Waals surface area contributed by atoms with Gasteiger partial charge in [0.1, 0.15) is 38.1 Å². The average Bonchev–Trinajstić information content (AvgIpc) is 3.14. The van der Waals surface area contributed by atoms with E-state index in [0.717, 1.165) is 64.7 Å². The second-order valence-corrected chi connectivity index (χ2v) is 20.0. The van der Waals surface area contributed by atoms with Crippen molar-refractivity contribution in [3.05, 3.63) is 59.7 Å². The number of ether oxygens (including phenoxy) is 2. The van der Waals surface area contributed by atoms with E-state index < -0.39 is 33.6 Å². The van der Waals surface area contributed by atoms with Gasteiger partial charge >= 0.3 is 7.25 Å². The molecule has 328 valence electrons. The van der Waals surface area contributed by atoms with Gasteiger partial charge in [-0.05, 0) is 76.2 Å². The van der Waals surface area contributed by atoms with Gasteiger partial charge in [0.2, 0.25) is 26.6 Å². The van der Waals surface area contributed by atoms with Gasteiger partial charge < -0.3 is 40.7 Å². The van der Waals surface area contributed by atoms with Gasteiger partial charge in [-0.15, -0.1) is 0 Å². The standard InChI is InChI=1S/2C16H24NO2S.2CH4O4S.BF4/c2*1-16(2,17-9-11-19-12-10-17)15(18)13-5-7-14(8-6-13)20(3)4;2*1-5-6(2,3)4;2-1(3,4)5/h2*5-8H,9-12H2,1-4H3;2*1H3,(H,2,3,4);/q2*+1;;;-1/p-1. The van der Waals surface area contributed by atoms with E-state index in [4.69, 9.17) is 9.47 Å². The van der Waals surface area contributed by atoms with E-state index in [2.05, 4.69) is 62.6 Å². The van der Waals surface area contributed by atoms with Gasteiger partial charge in [-0.2, -0.15) is 0 Å². The molecule has 2 fully saturated rings. The topological polar surface area (TPSA) is 193 Å². The molecule has 0 amide bonds. The summed E-state index contributed by atoms with van der Waals surface area (Å²) in [6.45, 7) is 14.5. The average molecular weight is 899 g/mol. The van der Waals surface area contributed by atoms with Crippen LogP contribution >= 0.6 is 0 Å². The molecular weight excluding hydrogens is 843 g/mol. The van der Waals surface area contributed by atoms with Gasteiger partial charge in [-0.1, -0.05) is 0 Å². The third kappa shape index (κ3) is 22.7. The van der Waals surface area contributed by atoms with Gasteiger partial charge in [-0.25, -0.2) is 16.8 Å². The van der Waals surface area contributed by atoms with Crippen LogP contribution in [0.5, 0.6) is 0 Å². The second kappa shape index (κ2) is 24.8. The Morgan fingerprint density at radius 1 is 0.684 bits per heavy atom. The number of ketones is 2. The van der Waals surface area contributed by atoms with Gasteiger partial charge in [0, 0.05) is 46.0 Å². The summed E-state index contributed by atoms with van der Waals surface area (Å²) in [4.78, 5) is 31.7. The number of rotatable bonds is 10. The summed E-state index contributed by atoms with van der Waals surface area (Å²) in [5.74, 6) is 0.422. The molecule has 0 unspecified atom stereocenters. The smallest absolute Gasteiger partial charge is 0.673 e. The number of Topliss-reactive ketones (excluding diaryl/α,β-unsaturated/α-hetero) is 2. The van der Waals surface area contributed by atoms with Crippen LogP contribution in [0.1, 0.15) is 48.4 Å². The normalized spacial score (nSPS) is 15.8. The molecular formula is C34H55BF4N2O12S4. The monoisotopic (exact) mass is 898 g/mol. The maximum absolute atomic E-state index is 12.8. The third-order valence-electron chi connectivity index (χ3n) is 8.49. The fraction of sp³-hybridized carbons (Fsp3) is 0.588. The summed E-state index contributed by atoms with van der Waals surface area (Å²) in [5, 5.41) is 0. The Labute approximate surface area is 340 Å². The van der Waals surface area contributed by atoms with Crippen molar-refractivity contribution in [1.29, 1.82) is 0 Å². The number of hydrogen-bond donors (Lipinski definition) is 1. The van der Waals surface area contributed by atoms with E-state index in [1.54, 1.807) is 0 Å². The summed E-state index contributed by atoms with van der Waals surface area (Å²) < 4.78 is 112. The first-order chi connectivity index (χ1) is 26.0. The largest absolute Gasteiger partial charge is 0.726 e. The molecule has 14 nitrogen and oxygen atoms in total. The summed E-state index contributed by atoms with van der Waals surface area (Å²) >= 11 is 0. The highest BCUT2D eigenvalue weighted by Gasteiger charge is 2.40. The number of morpholine rings is 2. The number of quaternary nitrogens is 1. The molecule has 2 aromatic carbocycles. The molecule has 2 saturated heterocycles. The minimum atomic E-state index is -6.00. The van der Waals surface area contributed by atoms with Crippen LogP contribution in [0.3, 0.4) is 0 Å². The zero-order valence-electron chi connectivity index (χ0n) is 33.8. The van der Waals surface area contributed by atoms with Crippen LogP contribution in [0.25, 0.3) is 0 Å². The molecule has 2 aliphatic rings. The van der Waals surface area contributed by atoms with Crippen LogP contribution in [0.15, 0.2) is 58.3 Å². The van der Waals surface area contributed by atoms with E-state index in [1.165, 1.54) is 14.7 Å². The number of hydrogen-bond acceptors (Lipinski definition) is 13. The molecule has 57 heavy (non-hydrogen) atoms. The fourth-order valence-corrected chi connectivity index (χ4v) is 6.50. The predicted molar refractivity (Wildman–Crippen MR) is 212 cm³/mol. The second-order valence-electron chi connectivity index (χ2n) is 13.5. The lowest BCUT2D eigenvalue weighted by Gasteiger charge is -2.39. The molecule has 0 bridgehead atoms. The van der Waals surface area contributed by atoms with Crippen molar-refractivity contribution in [2.45, 2.75) is 48.6 Å². The van der Waals surface area contributed by atoms with Gasteiger partial charge in [0.25, 0.3) is 0 Å². The van der Waals surface area contributed by atoms with Crippen molar-refractivity contribution < 1.29 is 75.5 Å². The lowest BCUT2D eigenvalue weighted by molar-refractivity contribution is -0.944. The molecule has 0 saturated carbocycles. The molecule has 0 aliphatic carbocycles. The van der Waals surface area contributed by atoms with Crippen LogP contribution in [0.2, 0.25) is 0 Å².